The summed E-state index contributed by atoms with van der Waals surface area (Å²) in [5.74, 6) is -0.419. The van der Waals surface area contributed by atoms with Gasteiger partial charge >= 0.3 is 6.03 Å². The standard InChI is InChI=1S/C14H17FN4O2S2/c1-14(2)11(19(21)12(20)16-3)18(13(22)23-14)17-8-9-6-4-5-7-10(9)15/h4-8,11,21H,1-3H3,(H,16,20)/b17-8-/t11-/m1/s1. The number of rotatable bonds is 3. The van der Waals surface area contributed by atoms with E-state index < -0.39 is 22.8 Å². The number of amides is 2. The average molecular weight is 356 g/mol. The number of hydrogen-bond acceptors (Lipinski definition) is 5. The molecule has 6 nitrogen and oxygen atoms in total. The van der Waals surface area contributed by atoms with Crippen LogP contribution >= 0.6 is 24.0 Å². The van der Waals surface area contributed by atoms with Crippen LogP contribution < -0.4 is 5.32 Å². The van der Waals surface area contributed by atoms with Gasteiger partial charge in [0, 0.05) is 12.6 Å². The smallest absolute Gasteiger partial charge is 0.339 e. The molecule has 2 amide bonds. The Bertz CT molecular complexity index is 653. The molecule has 1 aromatic rings. The molecule has 0 aliphatic carbocycles. The summed E-state index contributed by atoms with van der Waals surface area (Å²) in [5, 5.41) is 18.6. The van der Waals surface area contributed by atoms with Crippen molar-refractivity contribution in [2.45, 2.75) is 24.8 Å². The van der Waals surface area contributed by atoms with Crippen LogP contribution in [0.15, 0.2) is 29.4 Å². The normalized spacial score (nSPS) is 20.1. The molecule has 1 aliphatic heterocycles. The Morgan fingerprint density at radius 3 is 2.83 bits per heavy atom. The van der Waals surface area contributed by atoms with Crippen LogP contribution in [0.4, 0.5) is 9.18 Å². The monoisotopic (exact) mass is 356 g/mol. The first-order valence-corrected chi connectivity index (χ1v) is 8.01. The van der Waals surface area contributed by atoms with E-state index in [1.54, 1.807) is 18.2 Å². The Morgan fingerprint density at radius 2 is 2.22 bits per heavy atom. The van der Waals surface area contributed by atoms with Crippen molar-refractivity contribution < 1.29 is 14.4 Å². The Hall–Kier alpha value is -1.71. The third-order valence-electron chi connectivity index (χ3n) is 3.27. The minimum absolute atomic E-state index is 0.285. The van der Waals surface area contributed by atoms with Crippen LogP contribution in [0.3, 0.4) is 0 Å². The van der Waals surface area contributed by atoms with Crippen molar-refractivity contribution in [3.63, 3.8) is 0 Å². The minimum Gasteiger partial charge on any atom is -0.339 e. The highest BCUT2D eigenvalue weighted by Crippen LogP contribution is 2.42. The Morgan fingerprint density at radius 1 is 1.57 bits per heavy atom. The molecule has 1 heterocycles. The Labute approximate surface area is 143 Å². The maximum atomic E-state index is 13.7. The van der Waals surface area contributed by atoms with Crippen LogP contribution in [-0.2, 0) is 0 Å². The number of urea groups is 1. The van der Waals surface area contributed by atoms with E-state index in [1.165, 1.54) is 36.1 Å². The van der Waals surface area contributed by atoms with Crippen molar-refractivity contribution in [2.24, 2.45) is 5.10 Å². The first-order chi connectivity index (χ1) is 10.8. The lowest BCUT2D eigenvalue weighted by atomic mass is 10.1. The molecule has 1 fully saturated rings. The second kappa shape index (κ2) is 6.81. The molecular weight excluding hydrogens is 339 g/mol. The van der Waals surface area contributed by atoms with Gasteiger partial charge in [-0.25, -0.2) is 14.2 Å². The van der Waals surface area contributed by atoms with E-state index in [1.807, 2.05) is 13.8 Å². The molecule has 0 saturated carbocycles. The average Bonchev–Trinajstić information content (AvgIpc) is 2.73. The van der Waals surface area contributed by atoms with Gasteiger partial charge in [-0.2, -0.15) is 10.2 Å². The number of carbonyl (C=O) groups excluding carboxylic acids is 1. The molecule has 1 aliphatic rings. The summed E-state index contributed by atoms with van der Waals surface area (Å²) in [4.78, 5) is 11.7. The van der Waals surface area contributed by atoms with Crippen molar-refractivity contribution in [1.29, 1.82) is 0 Å². The number of hydrazone groups is 1. The predicted molar refractivity (Wildman–Crippen MR) is 92.0 cm³/mol. The second-order valence-corrected chi connectivity index (χ2v) is 7.64. The van der Waals surface area contributed by atoms with Crippen molar-refractivity contribution in [2.75, 3.05) is 7.05 Å². The molecule has 0 unspecified atom stereocenters. The zero-order valence-corrected chi connectivity index (χ0v) is 14.5. The summed E-state index contributed by atoms with van der Waals surface area (Å²) < 4.78 is 13.5. The largest absolute Gasteiger partial charge is 0.343 e. The first-order valence-electron chi connectivity index (χ1n) is 6.78. The van der Waals surface area contributed by atoms with Gasteiger partial charge in [-0.3, -0.25) is 5.21 Å². The molecule has 1 saturated heterocycles. The highest BCUT2D eigenvalue weighted by molar-refractivity contribution is 8.24. The van der Waals surface area contributed by atoms with Crippen LogP contribution in [-0.4, -0.2) is 49.8 Å². The summed E-state index contributed by atoms with van der Waals surface area (Å²) in [5.41, 5.74) is 0.285. The Kier molecular flexibility index (Phi) is 5.23. The molecule has 0 spiro atoms. The lowest BCUT2D eigenvalue weighted by Gasteiger charge is -2.33. The number of nitrogens with one attached hydrogen (secondary N) is 1. The van der Waals surface area contributed by atoms with Gasteiger partial charge in [0.25, 0.3) is 0 Å². The van der Waals surface area contributed by atoms with E-state index in [4.69, 9.17) is 12.2 Å². The van der Waals surface area contributed by atoms with E-state index >= 15 is 0 Å². The maximum Gasteiger partial charge on any atom is 0.343 e. The summed E-state index contributed by atoms with van der Waals surface area (Å²) in [6, 6.07) is 5.48. The van der Waals surface area contributed by atoms with Gasteiger partial charge in [-0.05, 0) is 19.9 Å². The summed E-state index contributed by atoms with van der Waals surface area (Å²) in [6.45, 7) is 3.67. The molecular formula is C14H17FN4O2S2. The zero-order valence-electron chi connectivity index (χ0n) is 12.9. The molecule has 1 aromatic carbocycles. The van der Waals surface area contributed by atoms with E-state index in [-0.39, 0.29) is 5.56 Å². The van der Waals surface area contributed by atoms with E-state index in [2.05, 4.69) is 10.4 Å². The summed E-state index contributed by atoms with van der Waals surface area (Å²) >= 11 is 6.57. The number of nitrogens with zero attached hydrogens (tertiary/aromatic N) is 3. The van der Waals surface area contributed by atoms with Gasteiger partial charge in [0.2, 0.25) is 0 Å². The molecule has 1 atom stereocenters. The van der Waals surface area contributed by atoms with Crippen LogP contribution in [0.25, 0.3) is 0 Å². The highest BCUT2D eigenvalue weighted by Gasteiger charge is 2.49. The molecule has 9 heteroatoms. The number of thiocarbonyl (C=S) groups is 1. The minimum atomic E-state index is -0.817. The Balaban J connectivity index is 2.32. The number of hydrogen-bond donors (Lipinski definition) is 2. The fraction of sp³-hybridized carbons (Fsp3) is 0.357. The molecule has 0 bridgehead atoms. The van der Waals surface area contributed by atoms with Crippen LogP contribution in [0, 0.1) is 5.82 Å². The SMILES string of the molecule is CNC(=O)N(O)[C@H]1N(/N=C\c2ccccc2F)C(=S)SC1(C)C. The highest BCUT2D eigenvalue weighted by atomic mass is 32.2. The topological polar surface area (TPSA) is 68.2 Å². The van der Waals surface area contributed by atoms with Gasteiger partial charge in [-0.1, -0.05) is 42.2 Å². The molecule has 0 aromatic heterocycles. The molecule has 0 radical (unpaired) electrons. The van der Waals surface area contributed by atoms with Crippen LogP contribution in [0.2, 0.25) is 0 Å². The third-order valence-corrected chi connectivity index (χ3v) is 4.81. The summed E-state index contributed by atoms with van der Waals surface area (Å²) in [7, 11) is 1.41. The molecule has 2 rings (SSSR count). The van der Waals surface area contributed by atoms with Gasteiger partial charge in [0.05, 0.1) is 11.0 Å². The number of benzene rings is 1. The predicted octanol–water partition coefficient (Wildman–Crippen LogP) is 2.63. The first kappa shape index (κ1) is 17.6. The number of halogens is 1. The second-order valence-electron chi connectivity index (χ2n) is 5.36. The van der Waals surface area contributed by atoms with E-state index in [0.29, 0.717) is 9.38 Å². The van der Waals surface area contributed by atoms with Crippen molar-refractivity contribution >= 4 is 40.5 Å². The van der Waals surface area contributed by atoms with Crippen LogP contribution in [0.5, 0.6) is 0 Å². The third kappa shape index (κ3) is 3.62. The fourth-order valence-corrected chi connectivity index (χ4v) is 3.94. The van der Waals surface area contributed by atoms with Crippen LogP contribution in [0.1, 0.15) is 19.4 Å². The van der Waals surface area contributed by atoms with E-state index in [9.17, 15) is 14.4 Å². The van der Waals surface area contributed by atoms with Crippen molar-refractivity contribution in [3.05, 3.63) is 35.6 Å². The van der Waals surface area contributed by atoms with Gasteiger partial charge in [0.15, 0.2) is 10.5 Å². The lowest BCUT2D eigenvalue weighted by molar-refractivity contribution is -0.117. The fourth-order valence-electron chi connectivity index (χ4n) is 2.16. The zero-order chi connectivity index (χ0) is 17.2. The van der Waals surface area contributed by atoms with Gasteiger partial charge in [0.1, 0.15) is 5.82 Å². The number of hydroxylamine groups is 2. The quantitative estimate of drug-likeness (QED) is 0.377. The van der Waals surface area contributed by atoms with Crippen molar-refractivity contribution in [3.8, 4) is 0 Å². The number of carbonyl (C=O) groups is 1. The van der Waals surface area contributed by atoms with E-state index in [0.717, 1.165) is 0 Å². The van der Waals surface area contributed by atoms with Crippen molar-refractivity contribution in [1.82, 2.24) is 15.4 Å². The lowest BCUT2D eigenvalue weighted by Crippen LogP contribution is -2.55. The molecule has 23 heavy (non-hydrogen) atoms. The molecule has 124 valence electrons. The summed E-state index contributed by atoms with van der Waals surface area (Å²) in [6.07, 6.45) is 0.497. The van der Waals surface area contributed by atoms with Gasteiger partial charge in [-0.15, -0.1) is 0 Å². The maximum absolute atomic E-state index is 13.7. The molecule has 2 N–H and O–H groups in total. The van der Waals surface area contributed by atoms with Gasteiger partial charge < -0.3 is 5.32 Å². The number of thioether (sulfide) groups is 1.